The summed E-state index contributed by atoms with van der Waals surface area (Å²) in [5.74, 6) is 0.956. The van der Waals surface area contributed by atoms with Gasteiger partial charge in [-0.15, -0.1) is 0 Å². The summed E-state index contributed by atoms with van der Waals surface area (Å²) in [6, 6.07) is 10.4. The molecule has 0 saturated heterocycles. The van der Waals surface area contributed by atoms with E-state index in [0.29, 0.717) is 13.0 Å². The Morgan fingerprint density at radius 2 is 2.00 bits per heavy atom. The molecule has 0 radical (unpaired) electrons. The summed E-state index contributed by atoms with van der Waals surface area (Å²) in [4.78, 5) is 13.3. The van der Waals surface area contributed by atoms with Gasteiger partial charge in [-0.2, -0.15) is 11.3 Å². The van der Waals surface area contributed by atoms with Gasteiger partial charge < -0.3 is 15.0 Å². The van der Waals surface area contributed by atoms with Crippen molar-refractivity contribution in [1.82, 2.24) is 5.32 Å². The van der Waals surface area contributed by atoms with Gasteiger partial charge in [0.15, 0.2) is 0 Å². The molecule has 2 N–H and O–H groups in total. The molecule has 5 heteroatoms. The minimum atomic E-state index is 0.107. The number of hydrogen-bond acceptors (Lipinski definition) is 3. The van der Waals surface area contributed by atoms with Gasteiger partial charge in [0, 0.05) is 12.0 Å². The zero-order chi connectivity index (χ0) is 16.7. The van der Waals surface area contributed by atoms with E-state index in [2.05, 4.69) is 43.0 Å². The standard InChI is InChI=1S/C18H24N2O2S/c1-20(2)17(15-5-7-16(22-3)8-6-15)12-19-18(21)9-4-14-10-11-23-13-14/h5-8,10-11,13,17H,4,9,12H2,1-3H3,(H,19,21)/p+1/t17-/m1/s1. The van der Waals surface area contributed by atoms with Crippen molar-refractivity contribution in [2.24, 2.45) is 0 Å². The number of hydrogen-bond donors (Lipinski definition) is 2. The number of quaternary nitrogens is 1. The molecule has 23 heavy (non-hydrogen) atoms. The van der Waals surface area contributed by atoms with Crippen LogP contribution in [0.2, 0.25) is 0 Å². The topological polar surface area (TPSA) is 42.8 Å². The zero-order valence-electron chi connectivity index (χ0n) is 14.0. The second-order valence-electron chi connectivity index (χ2n) is 5.84. The fourth-order valence-electron chi connectivity index (χ4n) is 2.49. The Morgan fingerprint density at radius 1 is 1.26 bits per heavy atom. The van der Waals surface area contributed by atoms with Crippen LogP contribution < -0.4 is 15.0 Å². The summed E-state index contributed by atoms with van der Waals surface area (Å²) in [5.41, 5.74) is 2.43. The Labute approximate surface area is 142 Å². The van der Waals surface area contributed by atoms with Crippen molar-refractivity contribution in [1.29, 1.82) is 0 Å². The summed E-state index contributed by atoms with van der Waals surface area (Å²) >= 11 is 1.67. The third-order valence-electron chi connectivity index (χ3n) is 3.94. The van der Waals surface area contributed by atoms with Crippen LogP contribution in [0.25, 0.3) is 0 Å². The van der Waals surface area contributed by atoms with Crippen LogP contribution in [-0.2, 0) is 11.2 Å². The highest BCUT2D eigenvalue weighted by Gasteiger charge is 2.18. The van der Waals surface area contributed by atoms with Gasteiger partial charge in [0.1, 0.15) is 11.8 Å². The molecule has 0 aliphatic heterocycles. The van der Waals surface area contributed by atoms with Gasteiger partial charge in [-0.05, 0) is 53.1 Å². The summed E-state index contributed by atoms with van der Waals surface area (Å²) in [6.07, 6.45) is 1.34. The summed E-state index contributed by atoms with van der Waals surface area (Å²) in [7, 11) is 5.87. The van der Waals surface area contributed by atoms with E-state index in [9.17, 15) is 4.79 Å². The SMILES string of the molecule is COc1ccc([C@@H](CNC(=O)CCc2ccsc2)[NH+](C)C)cc1. The third-order valence-corrected chi connectivity index (χ3v) is 4.67. The molecule has 0 saturated carbocycles. The zero-order valence-corrected chi connectivity index (χ0v) is 14.8. The maximum Gasteiger partial charge on any atom is 0.220 e. The van der Waals surface area contributed by atoms with Crippen LogP contribution >= 0.6 is 11.3 Å². The summed E-state index contributed by atoms with van der Waals surface area (Å²) < 4.78 is 5.20. The van der Waals surface area contributed by atoms with Crippen LogP contribution in [0, 0.1) is 0 Å². The molecule has 0 bridgehead atoms. The number of benzene rings is 1. The lowest BCUT2D eigenvalue weighted by molar-refractivity contribution is -0.890. The molecule has 1 aromatic carbocycles. The average molecular weight is 333 g/mol. The molecule has 0 aliphatic rings. The number of carbonyl (C=O) groups is 1. The number of ether oxygens (including phenoxy) is 1. The van der Waals surface area contributed by atoms with Gasteiger partial charge >= 0.3 is 0 Å². The van der Waals surface area contributed by atoms with Gasteiger partial charge in [0.2, 0.25) is 5.91 Å². The quantitative estimate of drug-likeness (QED) is 0.772. The van der Waals surface area contributed by atoms with Crippen molar-refractivity contribution in [2.75, 3.05) is 27.7 Å². The average Bonchev–Trinajstić information content (AvgIpc) is 3.07. The Morgan fingerprint density at radius 3 is 2.57 bits per heavy atom. The monoisotopic (exact) mass is 333 g/mol. The number of likely N-dealkylation sites (N-methyl/N-ethyl adjacent to an activating group) is 1. The van der Waals surface area contributed by atoms with E-state index in [1.807, 2.05) is 17.5 Å². The van der Waals surface area contributed by atoms with Crippen LogP contribution in [-0.4, -0.2) is 33.7 Å². The normalized spacial score (nSPS) is 12.2. The number of rotatable bonds is 8. The smallest absolute Gasteiger partial charge is 0.220 e. The van der Waals surface area contributed by atoms with Gasteiger partial charge in [0.05, 0.1) is 27.7 Å². The fourth-order valence-corrected chi connectivity index (χ4v) is 3.19. The maximum atomic E-state index is 12.1. The largest absolute Gasteiger partial charge is 0.497 e. The van der Waals surface area contributed by atoms with E-state index >= 15 is 0 Å². The number of thiophene rings is 1. The fraction of sp³-hybridized carbons (Fsp3) is 0.389. The number of aryl methyl sites for hydroxylation is 1. The molecule has 124 valence electrons. The van der Waals surface area contributed by atoms with E-state index in [0.717, 1.165) is 12.2 Å². The van der Waals surface area contributed by atoms with Crippen molar-refractivity contribution in [3.63, 3.8) is 0 Å². The van der Waals surface area contributed by atoms with Crippen molar-refractivity contribution in [2.45, 2.75) is 18.9 Å². The predicted octanol–water partition coefficient (Wildman–Crippen LogP) is 1.69. The molecule has 4 nitrogen and oxygen atoms in total. The van der Waals surface area contributed by atoms with Gasteiger partial charge in [-0.1, -0.05) is 0 Å². The molecule has 0 fully saturated rings. The number of carbonyl (C=O) groups excluding carboxylic acids is 1. The number of nitrogens with one attached hydrogen (secondary N) is 2. The molecule has 2 aromatic rings. The van der Waals surface area contributed by atoms with Crippen LogP contribution in [0.3, 0.4) is 0 Å². The summed E-state index contributed by atoms with van der Waals surface area (Å²) in [6.45, 7) is 0.636. The number of methoxy groups -OCH3 is 1. The Kier molecular flexibility index (Phi) is 6.62. The molecule has 2 rings (SSSR count). The van der Waals surface area contributed by atoms with Crippen molar-refractivity contribution in [3.8, 4) is 5.75 Å². The Hall–Kier alpha value is -1.85. The van der Waals surface area contributed by atoms with Crippen molar-refractivity contribution in [3.05, 3.63) is 52.2 Å². The first kappa shape index (κ1) is 17.5. The Balaban J connectivity index is 1.87. The lowest BCUT2D eigenvalue weighted by Crippen LogP contribution is -3.07. The second-order valence-corrected chi connectivity index (χ2v) is 6.62. The van der Waals surface area contributed by atoms with E-state index in [4.69, 9.17) is 4.74 Å². The van der Waals surface area contributed by atoms with Crippen LogP contribution in [0.15, 0.2) is 41.1 Å². The second kappa shape index (κ2) is 8.70. The molecule has 1 heterocycles. The van der Waals surface area contributed by atoms with Gasteiger partial charge in [-0.25, -0.2) is 0 Å². The van der Waals surface area contributed by atoms with E-state index < -0.39 is 0 Å². The van der Waals surface area contributed by atoms with Crippen LogP contribution in [0.4, 0.5) is 0 Å². The molecule has 1 aromatic heterocycles. The van der Waals surface area contributed by atoms with Crippen LogP contribution in [0.5, 0.6) is 5.75 Å². The maximum absolute atomic E-state index is 12.1. The van der Waals surface area contributed by atoms with Crippen LogP contribution in [0.1, 0.15) is 23.6 Å². The first-order valence-electron chi connectivity index (χ1n) is 7.82. The van der Waals surface area contributed by atoms with E-state index in [1.54, 1.807) is 18.4 Å². The Bertz CT molecular complexity index is 594. The van der Waals surface area contributed by atoms with Crippen molar-refractivity contribution >= 4 is 17.2 Å². The van der Waals surface area contributed by atoms with Gasteiger partial charge in [-0.3, -0.25) is 4.79 Å². The highest BCUT2D eigenvalue weighted by atomic mass is 32.1. The lowest BCUT2D eigenvalue weighted by atomic mass is 10.1. The number of amides is 1. The molecule has 1 amide bonds. The molecule has 0 aliphatic carbocycles. The lowest BCUT2D eigenvalue weighted by Gasteiger charge is -2.22. The molecule has 0 unspecified atom stereocenters. The first-order valence-corrected chi connectivity index (χ1v) is 8.76. The molecular formula is C18H25N2O2S+. The minimum Gasteiger partial charge on any atom is -0.497 e. The molecular weight excluding hydrogens is 308 g/mol. The van der Waals surface area contributed by atoms with E-state index in [1.165, 1.54) is 16.0 Å². The third kappa shape index (κ3) is 5.37. The first-order chi connectivity index (χ1) is 11.1. The summed E-state index contributed by atoms with van der Waals surface area (Å²) in [5, 5.41) is 7.20. The van der Waals surface area contributed by atoms with Crippen molar-refractivity contribution < 1.29 is 14.4 Å². The minimum absolute atomic E-state index is 0.107. The van der Waals surface area contributed by atoms with E-state index in [-0.39, 0.29) is 11.9 Å². The highest BCUT2D eigenvalue weighted by molar-refractivity contribution is 7.07. The predicted molar refractivity (Wildman–Crippen MR) is 94.2 cm³/mol. The van der Waals surface area contributed by atoms with Gasteiger partial charge in [0.25, 0.3) is 0 Å². The molecule has 1 atom stereocenters. The highest BCUT2D eigenvalue weighted by Crippen LogP contribution is 2.15. The molecule has 0 spiro atoms.